The number of benzene rings is 9. The Morgan fingerprint density at radius 1 is 0.441 bits per heavy atom. The number of hydrogen-bond acceptors (Lipinski definition) is 1. The average molecular weight is 756 g/mol. The van der Waals surface area contributed by atoms with Gasteiger partial charge in [0.1, 0.15) is 0 Å². The van der Waals surface area contributed by atoms with Gasteiger partial charge in [-0.1, -0.05) is 208 Å². The fourth-order valence-corrected chi connectivity index (χ4v) is 10.6. The SMILES string of the molecule is CC1(C)c2cc3c4ccccc4c4ccccc4c3cc2N(c2ccccc2)C2C=CC(c3cccc(C(c4ccccc4)(c4ccccc4)c4ccccc4)c3)=CC21. The Morgan fingerprint density at radius 2 is 0.898 bits per heavy atom. The molecule has 0 saturated carbocycles. The quantitative estimate of drug-likeness (QED) is 0.121. The minimum absolute atomic E-state index is 0.132. The predicted molar refractivity (Wildman–Crippen MR) is 250 cm³/mol. The Labute approximate surface area is 347 Å². The zero-order valence-corrected chi connectivity index (χ0v) is 33.5. The second kappa shape index (κ2) is 13.9. The molecule has 0 N–H and O–H groups in total. The molecule has 1 nitrogen and oxygen atoms in total. The summed E-state index contributed by atoms with van der Waals surface area (Å²) in [6.45, 7) is 4.94. The molecule has 0 radical (unpaired) electrons. The molecule has 0 amide bonds. The van der Waals surface area contributed by atoms with Gasteiger partial charge in [-0.25, -0.2) is 0 Å². The van der Waals surface area contributed by atoms with Crippen LogP contribution in [0, 0.1) is 5.92 Å². The van der Waals surface area contributed by atoms with Crippen molar-refractivity contribution in [3.63, 3.8) is 0 Å². The van der Waals surface area contributed by atoms with E-state index in [-0.39, 0.29) is 17.4 Å². The van der Waals surface area contributed by atoms with Crippen molar-refractivity contribution in [2.45, 2.75) is 30.7 Å². The van der Waals surface area contributed by atoms with E-state index in [0.29, 0.717) is 0 Å². The lowest BCUT2D eigenvalue weighted by atomic mass is 9.63. The summed E-state index contributed by atoms with van der Waals surface area (Å²) >= 11 is 0. The van der Waals surface area contributed by atoms with Gasteiger partial charge in [-0.3, -0.25) is 0 Å². The smallest absolute Gasteiger partial charge is 0.0701 e. The molecular formula is C58H45N. The van der Waals surface area contributed by atoms with E-state index >= 15 is 0 Å². The molecule has 0 bridgehead atoms. The Bertz CT molecular complexity index is 2970. The van der Waals surface area contributed by atoms with Gasteiger partial charge in [0.05, 0.1) is 11.5 Å². The molecule has 0 spiro atoms. The molecule has 1 aliphatic heterocycles. The highest BCUT2D eigenvalue weighted by Gasteiger charge is 2.46. The van der Waals surface area contributed by atoms with Crippen LogP contribution in [0.15, 0.2) is 224 Å². The van der Waals surface area contributed by atoms with Crippen LogP contribution in [0.5, 0.6) is 0 Å². The highest BCUT2D eigenvalue weighted by molar-refractivity contribution is 6.26. The molecule has 1 heterocycles. The fraction of sp³-hybridized carbons (Fsp3) is 0.103. The van der Waals surface area contributed by atoms with Gasteiger partial charge in [0.15, 0.2) is 0 Å². The highest BCUT2D eigenvalue weighted by Crippen LogP contribution is 2.54. The van der Waals surface area contributed by atoms with E-state index in [1.165, 1.54) is 82.6 Å². The Hall–Kier alpha value is -6.96. The summed E-state index contributed by atoms with van der Waals surface area (Å²) in [5.74, 6) is 0.199. The minimum atomic E-state index is -0.511. The molecule has 0 aromatic heterocycles. The standard InChI is InChI=1S/C58H45N/c1-57(2)53-37-41(40-20-19-27-45(36-40)58(42-21-7-3-8-22-42,43-23-9-4-10-24-43)44-25-11-5-12-26-44)34-35-55(53)59(46-28-13-6-14-29-46)56-39-52-50-33-18-16-31-48(50)47-30-15-17-32-49(47)51(52)38-54(56)57/h3-39,53,55H,1-2H3. The number of fused-ring (bicyclic) bond motifs is 8. The van der Waals surface area contributed by atoms with Crippen molar-refractivity contribution < 1.29 is 0 Å². The molecule has 1 heteroatoms. The summed E-state index contributed by atoms with van der Waals surface area (Å²) in [5, 5.41) is 7.85. The van der Waals surface area contributed by atoms with E-state index < -0.39 is 5.41 Å². The topological polar surface area (TPSA) is 3.24 Å². The maximum Gasteiger partial charge on any atom is 0.0701 e. The summed E-state index contributed by atoms with van der Waals surface area (Å²) < 4.78 is 0. The molecule has 282 valence electrons. The molecule has 59 heavy (non-hydrogen) atoms. The highest BCUT2D eigenvalue weighted by atomic mass is 15.2. The Kier molecular flexibility index (Phi) is 8.27. The van der Waals surface area contributed by atoms with Crippen LogP contribution < -0.4 is 4.90 Å². The lowest BCUT2D eigenvalue weighted by Crippen LogP contribution is -2.50. The lowest BCUT2D eigenvalue weighted by Gasteiger charge is -2.51. The van der Waals surface area contributed by atoms with Crippen molar-refractivity contribution in [2.75, 3.05) is 4.90 Å². The molecule has 0 saturated heterocycles. The lowest BCUT2D eigenvalue weighted by molar-refractivity contribution is 0.333. The zero-order chi connectivity index (χ0) is 39.6. The number of rotatable bonds is 6. The van der Waals surface area contributed by atoms with Gasteiger partial charge >= 0.3 is 0 Å². The van der Waals surface area contributed by atoms with E-state index in [1.807, 2.05) is 0 Å². The normalized spacial score (nSPS) is 17.1. The molecule has 0 fully saturated rings. The third-order valence-corrected chi connectivity index (χ3v) is 13.4. The molecule has 1 aliphatic carbocycles. The predicted octanol–water partition coefficient (Wildman–Crippen LogP) is 14.6. The maximum absolute atomic E-state index is 2.61. The molecule has 2 unspecified atom stereocenters. The first-order valence-corrected chi connectivity index (χ1v) is 20.9. The summed E-state index contributed by atoms with van der Waals surface area (Å²) in [4.78, 5) is 2.61. The molecular weight excluding hydrogens is 711 g/mol. The molecule has 9 aromatic rings. The number of hydrogen-bond donors (Lipinski definition) is 0. The van der Waals surface area contributed by atoms with E-state index in [1.54, 1.807) is 0 Å². The van der Waals surface area contributed by atoms with Gasteiger partial charge in [0, 0.05) is 22.7 Å². The third kappa shape index (κ3) is 5.45. The maximum atomic E-state index is 2.61. The monoisotopic (exact) mass is 755 g/mol. The van der Waals surface area contributed by atoms with Crippen molar-refractivity contribution in [3.05, 3.63) is 258 Å². The fourth-order valence-electron chi connectivity index (χ4n) is 10.6. The van der Waals surface area contributed by atoms with Crippen LogP contribution >= 0.6 is 0 Å². The van der Waals surface area contributed by atoms with Gasteiger partial charge in [-0.05, 0) is 102 Å². The van der Waals surface area contributed by atoms with Crippen molar-refractivity contribution in [2.24, 2.45) is 5.92 Å². The van der Waals surface area contributed by atoms with Crippen molar-refractivity contribution in [1.82, 2.24) is 0 Å². The van der Waals surface area contributed by atoms with Crippen LogP contribution in [0.2, 0.25) is 0 Å². The van der Waals surface area contributed by atoms with Crippen LogP contribution in [0.1, 0.15) is 47.2 Å². The molecule has 11 rings (SSSR count). The second-order valence-corrected chi connectivity index (χ2v) is 16.9. The Morgan fingerprint density at radius 3 is 1.44 bits per heavy atom. The van der Waals surface area contributed by atoms with E-state index in [0.717, 1.165) is 0 Å². The number of nitrogens with zero attached hydrogens (tertiary/aromatic N) is 1. The zero-order valence-electron chi connectivity index (χ0n) is 33.5. The van der Waals surface area contributed by atoms with Gasteiger partial charge < -0.3 is 4.90 Å². The van der Waals surface area contributed by atoms with Crippen LogP contribution in [0.25, 0.3) is 37.9 Å². The molecule has 2 aliphatic rings. The van der Waals surface area contributed by atoms with Crippen LogP contribution in [-0.4, -0.2) is 6.04 Å². The van der Waals surface area contributed by atoms with Crippen LogP contribution in [0.4, 0.5) is 11.4 Å². The van der Waals surface area contributed by atoms with Crippen molar-refractivity contribution in [3.8, 4) is 0 Å². The third-order valence-electron chi connectivity index (χ3n) is 13.4. The Balaban J connectivity index is 1.11. The largest absolute Gasteiger partial charge is 0.334 e. The van der Waals surface area contributed by atoms with Gasteiger partial charge in [-0.2, -0.15) is 0 Å². The van der Waals surface area contributed by atoms with Crippen LogP contribution in [-0.2, 0) is 10.8 Å². The van der Waals surface area contributed by atoms with E-state index in [2.05, 4.69) is 243 Å². The first kappa shape index (κ1) is 35.2. The van der Waals surface area contributed by atoms with Gasteiger partial charge in [0.25, 0.3) is 0 Å². The van der Waals surface area contributed by atoms with E-state index in [4.69, 9.17) is 0 Å². The van der Waals surface area contributed by atoms with Crippen LogP contribution in [0.3, 0.4) is 0 Å². The summed E-state index contributed by atoms with van der Waals surface area (Å²) in [7, 11) is 0. The number of para-hydroxylation sites is 1. The minimum Gasteiger partial charge on any atom is -0.334 e. The van der Waals surface area contributed by atoms with Gasteiger partial charge in [0.2, 0.25) is 0 Å². The average Bonchev–Trinajstić information content (AvgIpc) is 3.31. The number of allylic oxidation sites excluding steroid dienone is 2. The summed E-state index contributed by atoms with van der Waals surface area (Å²) in [6, 6.07) is 76.4. The second-order valence-electron chi connectivity index (χ2n) is 16.9. The first-order valence-electron chi connectivity index (χ1n) is 20.9. The van der Waals surface area contributed by atoms with Crippen molar-refractivity contribution >= 4 is 49.3 Å². The van der Waals surface area contributed by atoms with Gasteiger partial charge in [-0.15, -0.1) is 0 Å². The molecule has 9 aromatic carbocycles. The first-order chi connectivity index (χ1) is 29.0. The summed E-state index contributed by atoms with van der Waals surface area (Å²) in [6.07, 6.45) is 7.45. The number of anilines is 2. The van der Waals surface area contributed by atoms with E-state index in [9.17, 15) is 0 Å². The summed E-state index contributed by atoms with van der Waals surface area (Å²) in [5.41, 5.74) is 10.7. The molecule has 2 atom stereocenters. The van der Waals surface area contributed by atoms with Crippen molar-refractivity contribution in [1.29, 1.82) is 0 Å².